The van der Waals surface area contributed by atoms with Crippen LogP contribution in [0.1, 0.15) is 36.4 Å². The first-order valence-corrected chi connectivity index (χ1v) is 9.39. The molecule has 1 aromatic carbocycles. The Bertz CT molecular complexity index is 853. The molecule has 4 nitrogen and oxygen atoms in total. The number of aryl methyl sites for hydroxylation is 1. The minimum absolute atomic E-state index is 0.191. The minimum Gasteiger partial charge on any atom is -0.337 e. The number of fused-ring (bicyclic) bond motifs is 1. The van der Waals surface area contributed by atoms with Crippen LogP contribution in [-0.2, 0) is 17.9 Å². The molecule has 1 fully saturated rings. The van der Waals surface area contributed by atoms with E-state index in [0.29, 0.717) is 6.42 Å². The van der Waals surface area contributed by atoms with Crippen molar-refractivity contribution in [2.45, 2.75) is 38.8 Å². The molecule has 0 saturated carbocycles. The monoisotopic (exact) mass is 339 g/mol. The number of thiophene rings is 1. The number of carbonyl (C=O) groups excluding carboxylic acids is 1. The molecule has 1 unspecified atom stereocenters. The highest BCUT2D eigenvalue weighted by atomic mass is 32.1. The number of amides is 1. The Balaban J connectivity index is 1.63. The summed E-state index contributed by atoms with van der Waals surface area (Å²) in [5, 5.41) is 2.06. The second-order valence-electron chi connectivity index (χ2n) is 6.37. The van der Waals surface area contributed by atoms with Crippen molar-refractivity contribution in [3.8, 4) is 0 Å². The molecule has 1 atom stereocenters. The van der Waals surface area contributed by atoms with E-state index in [1.165, 1.54) is 10.4 Å². The van der Waals surface area contributed by atoms with E-state index in [0.717, 1.165) is 37.4 Å². The number of hydrogen-bond acceptors (Lipinski definition) is 3. The molecule has 1 aliphatic rings. The number of hydrogen-bond donors (Lipinski definition) is 0. The van der Waals surface area contributed by atoms with Gasteiger partial charge < -0.3 is 9.47 Å². The van der Waals surface area contributed by atoms with E-state index < -0.39 is 0 Å². The lowest BCUT2D eigenvalue weighted by atomic mass is 10.1. The van der Waals surface area contributed by atoms with Gasteiger partial charge in [0, 0.05) is 30.3 Å². The van der Waals surface area contributed by atoms with E-state index in [1.54, 1.807) is 11.3 Å². The van der Waals surface area contributed by atoms with Crippen LogP contribution in [0.5, 0.6) is 0 Å². The maximum atomic E-state index is 12.5. The number of rotatable bonds is 5. The van der Waals surface area contributed by atoms with Gasteiger partial charge in [-0.15, -0.1) is 11.3 Å². The van der Waals surface area contributed by atoms with Crippen LogP contribution >= 0.6 is 11.3 Å². The molecule has 24 heavy (non-hydrogen) atoms. The molecule has 3 aromatic rings. The molecule has 0 radical (unpaired) electrons. The fourth-order valence-corrected chi connectivity index (χ4v) is 4.27. The Labute approximate surface area is 145 Å². The smallest absolute Gasteiger partial charge is 0.223 e. The molecular formula is C19H21N3OS. The lowest BCUT2D eigenvalue weighted by Crippen LogP contribution is -2.24. The first kappa shape index (κ1) is 15.4. The summed E-state index contributed by atoms with van der Waals surface area (Å²) in [4.78, 5) is 20.5. The minimum atomic E-state index is 0.191. The van der Waals surface area contributed by atoms with Crippen molar-refractivity contribution in [1.29, 1.82) is 0 Å². The summed E-state index contributed by atoms with van der Waals surface area (Å²) >= 11 is 1.71. The van der Waals surface area contributed by atoms with Crippen molar-refractivity contribution in [2.75, 3.05) is 6.54 Å². The Morgan fingerprint density at radius 3 is 2.92 bits per heavy atom. The zero-order valence-electron chi connectivity index (χ0n) is 13.8. The van der Waals surface area contributed by atoms with Crippen LogP contribution in [0.15, 0.2) is 41.8 Å². The normalized spacial score (nSPS) is 18.0. The van der Waals surface area contributed by atoms with Crippen molar-refractivity contribution in [2.24, 2.45) is 0 Å². The van der Waals surface area contributed by atoms with Crippen LogP contribution in [-0.4, -0.2) is 26.9 Å². The van der Waals surface area contributed by atoms with Crippen LogP contribution in [0.25, 0.3) is 11.0 Å². The molecule has 0 bridgehead atoms. The standard InChI is InChI=1S/C19H21N3OS/c1-2-9-22-17-8-4-3-7-16(17)20-19(22)14-11-18(23)21(12-14)13-15-6-5-10-24-15/h3-8,10,14H,2,9,11-13H2,1H3. The lowest BCUT2D eigenvalue weighted by molar-refractivity contribution is -0.128. The second kappa shape index (κ2) is 6.40. The van der Waals surface area contributed by atoms with Gasteiger partial charge >= 0.3 is 0 Å². The van der Waals surface area contributed by atoms with Gasteiger partial charge in [0.2, 0.25) is 5.91 Å². The van der Waals surface area contributed by atoms with Crippen molar-refractivity contribution < 1.29 is 4.79 Å². The highest BCUT2D eigenvalue weighted by Crippen LogP contribution is 2.31. The number of nitrogens with zero attached hydrogens (tertiary/aromatic N) is 3. The number of imidazole rings is 1. The summed E-state index contributed by atoms with van der Waals surface area (Å²) in [5.41, 5.74) is 2.21. The summed E-state index contributed by atoms with van der Waals surface area (Å²) in [7, 11) is 0. The summed E-state index contributed by atoms with van der Waals surface area (Å²) in [6.07, 6.45) is 1.63. The first-order chi connectivity index (χ1) is 11.8. The molecule has 1 saturated heterocycles. The number of likely N-dealkylation sites (tertiary alicyclic amines) is 1. The quantitative estimate of drug-likeness (QED) is 0.704. The molecule has 1 aliphatic heterocycles. The summed E-state index contributed by atoms with van der Waals surface area (Å²) < 4.78 is 2.31. The fraction of sp³-hybridized carbons (Fsp3) is 0.368. The maximum Gasteiger partial charge on any atom is 0.223 e. The Morgan fingerprint density at radius 2 is 2.12 bits per heavy atom. The molecule has 2 aromatic heterocycles. The molecule has 1 amide bonds. The predicted molar refractivity (Wildman–Crippen MR) is 97.1 cm³/mol. The van der Waals surface area contributed by atoms with E-state index in [1.807, 2.05) is 17.0 Å². The Morgan fingerprint density at radius 1 is 1.25 bits per heavy atom. The van der Waals surface area contributed by atoms with Gasteiger partial charge in [-0.25, -0.2) is 4.98 Å². The van der Waals surface area contributed by atoms with Gasteiger partial charge in [-0.1, -0.05) is 25.1 Å². The predicted octanol–water partition coefficient (Wildman–Crippen LogP) is 4.02. The summed E-state index contributed by atoms with van der Waals surface area (Å²) in [6.45, 7) is 4.62. The highest BCUT2D eigenvalue weighted by molar-refractivity contribution is 7.09. The molecule has 5 heteroatoms. The first-order valence-electron chi connectivity index (χ1n) is 8.51. The highest BCUT2D eigenvalue weighted by Gasteiger charge is 2.33. The molecule has 0 spiro atoms. The SMILES string of the molecule is CCCn1c(C2CC(=O)N(Cc3cccs3)C2)nc2ccccc21. The molecule has 4 rings (SSSR count). The largest absolute Gasteiger partial charge is 0.337 e. The van der Waals surface area contributed by atoms with Gasteiger partial charge in [-0.05, 0) is 30.0 Å². The van der Waals surface area contributed by atoms with Gasteiger partial charge in [-0.3, -0.25) is 4.79 Å². The van der Waals surface area contributed by atoms with Crippen molar-refractivity contribution in [1.82, 2.24) is 14.5 Å². The fourth-order valence-electron chi connectivity index (χ4n) is 3.55. The molecule has 124 valence electrons. The average molecular weight is 339 g/mol. The Kier molecular flexibility index (Phi) is 4.10. The van der Waals surface area contributed by atoms with Gasteiger partial charge in [0.1, 0.15) is 5.82 Å². The van der Waals surface area contributed by atoms with E-state index in [-0.39, 0.29) is 11.8 Å². The number of benzene rings is 1. The molecular weight excluding hydrogens is 318 g/mol. The third-order valence-electron chi connectivity index (χ3n) is 4.64. The van der Waals surface area contributed by atoms with Crippen LogP contribution in [0.3, 0.4) is 0 Å². The van der Waals surface area contributed by atoms with Gasteiger partial charge in [0.25, 0.3) is 0 Å². The van der Waals surface area contributed by atoms with Crippen LogP contribution in [0.4, 0.5) is 0 Å². The average Bonchev–Trinajstić information content (AvgIpc) is 3.29. The van der Waals surface area contributed by atoms with E-state index in [4.69, 9.17) is 4.98 Å². The van der Waals surface area contributed by atoms with E-state index in [9.17, 15) is 4.79 Å². The van der Waals surface area contributed by atoms with Crippen molar-refractivity contribution >= 4 is 28.3 Å². The third kappa shape index (κ3) is 2.73. The maximum absolute atomic E-state index is 12.5. The van der Waals surface area contributed by atoms with E-state index in [2.05, 4.69) is 41.1 Å². The zero-order chi connectivity index (χ0) is 16.5. The van der Waals surface area contributed by atoms with Crippen LogP contribution in [0.2, 0.25) is 0 Å². The van der Waals surface area contributed by atoms with Crippen molar-refractivity contribution in [3.63, 3.8) is 0 Å². The van der Waals surface area contributed by atoms with Crippen LogP contribution < -0.4 is 0 Å². The molecule has 0 aliphatic carbocycles. The zero-order valence-corrected chi connectivity index (χ0v) is 14.6. The second-order valence-corrected chi connectivity index (χ2v) is 7.40. The number of para-hydroxylation sites is 2. The topological polar surface area (TPSA) is 38.1 Å². The molecule has 0 N–H and O–H groups in total. The van der Waals surface area contributed by atoms with Crippen molar-refractivity contribution in [3.05, 3.63) is 52.5 Å². The number of carbonyl (C=O) groups is 1. The third-order valence-corrected chi connectivity index (χ3v) is 5.50. The lowest BCUT2D eigenvalue weighted by Gasteiger charge is -2.16. The van der Waals surface area contributed by atoms with Gasteiger partial charge in [0.15, 0.2) is 0 Å². The molecule has 3 heterocycles. The number of aromatic nitrogens is 2. The Hall–Kier alpha value is -2.14. The van der Waals surface area contributed by atoms with Gasteiger partial charge in [-0.2, -0.15) is 0 Å². The summed E-state index contributed by atoms with van der Waals surface area (Å²) in [5.74, 6) is 1.50. The van der Waals surface area contributed by atoms with E-state index >= 15 is 0 Å². The van der Waals surface area contributed by atoms with Gasteiger partial charge in [0.05, 0.1) is 17.6 Å². The summed E-state index contributed by atoms with van der Waals surface area (Å²) in [6, 6.07) is 12.4. The van der Waals surface area contributed by atoms with Crippen LogP contribution in [0, 0.1) is 0 Å².